The van der Waals surface area contributed by atoms with E-state index in [2.05, 4.69) is 22.4 Å². The molecule has 2 aromatic carbocycles. The van der Waals surface area contributed by atoms with E-state index in [0.717, 1.165) is 23.5 Å². The molecular weight excluding hydrogens is 284 g/mol. The van der Waals surface area contributed by atoms with Crippen molar-refractivity contribution in [2.45, 2.75) is 13.5 Å². The van der Waals surface area contributed by atoms with E-state index in [1.54, 1.807) is 0 Å². The van der Waals surface area contributed by atoms with Crippen molar-refractivity contribution < 1.29 is 4.74 Å². The Morgan fingerprint density at radius 3 is 2.86 bits per heavy atom. The standard InChI is InChI=1S/C17H17ClN2O/c1-2-21-17-8-7-13(9-15(17)18)19-10-12-11-20-16-6-4-3-5-14(12)16/h3-9,11,19-20H,2,10H2,1H3. The minimum atomic E-state index is 0.613. The number of rotatable bonds is 5. The highest BCUT2D eigenvalue weighted by Gasteiger charge is 2.05. The van der Waals surface area contributed by atoms with Crippen molar-refractivity contribution in [2.75, 3.05) is 11.9 Å². The first kappa shape index (κ1) is 13.8. The molecule has 0 atom stereocenters. The second-order valence-electron chi connectivity index (χ2n) is 4.79. The summed E-state index contributed by atoms with van der Waals surface area (Å²) in [5.41, 5.74) is 3.36. The molecule has 0 aliphatic heterocycles. The SMILES string of the molecule is CCOc1ccc(NCc2c[nH]c3ccccc23)cc1Cl. The van der Waals surface area contributed by atoms with Gasteiger partial charge >= 0.3 is 0 Å². The summed E-state index contributed by atoms with van der Waals surface area (Å²) >= 11 is 6.19. The maximum atomic E-state index is 6.19. The predicted octanol–water partition coefficient (Wildman–Crippen LogP) is 4.83. The van der Waals surface area contributed by atoms with Gasteiger partial charge in [0.2, 0.25) is 0 Å². The lowest BCUT2D eigenvalue weighted by Gasteiger charge is -2.09. The fraction of sp³-hybridized carbons (Fsp3) is 0.176. The number of nitrogens with one attached hydrogen (secondary N) is 2. The zero-order valence-corrected chi connectivity index (χ0v) is 12.6. The fourth-order valence-electron chi connectivity index (χ4n) is 2.36. The van der Waals surface area contributed by atoms with E-state index in [4.69, 9.17) is 16.3 Å². The van der Waals surface area contributed by atoms with Gasteiger partial charge in [-0.15, -0.1) is 0 Å². The molecule has 0 aliphatic carbocycles. The van der Waals surface area contributed by atoms with E-state index in [1.807, 2.05) is 43.5 Å². The molecule has 2 N–H and O–H groups in total. The van der Waals surface area contributed by atoms with Gasteiger partial charge in [-0.2, -0.15) is 0 Å². The maximum absolute atomic E-state index is 6.19. The Balaban J connectivity index is 1.74. The zero-order chi connectivity index (χ0) is 14.7. The number of halogens is 1. The van der Waals surface area contributed by atoms with Crippen molar-refractivity contribution in [3.8, 4) is 5.75 Å². The lowest BCUT2D eigenvalue weighted by Crippen LogP contribution is -1.99. The first-order valence-corrected chi connectivity index (χ1v) is 7.37. The summed E-state index contributed by atoms with van der Waals surface area (Å²) in [5, 5.41) is 5.25. The topological polar surface area (TPSA) is 37.0 Å². The third kappa shape index (κ3) is 2.98. The Hall–Kier alpha value is -2.13. The third-order valence-electron chi connectivity index (χ3n) is 3.39. The van der Waals surface area contributed by atoms with E-state index < -0.39 is 0 Å². The summed E-state index contributed by atoms with van der Waals surface area (Å²) < 4.78 is 5.43. The highest BCUT2D eigenvalue weighted by molar-refractivity contribution is 6.32. The van der Waals surface area contributed by atoms with Crippen LogP contribution < -0.4 is 10.1 Å². The number of anilines is 1. The second-order valence-corrected chi connectivity index (χ2v) is 5.20. The number of aromatic nitrogens is 1. The molecule has 3 nitrogen and oxygen atoms in total. The highest BCUT2D eigenvalue weighted by atomic mass is 35.5. The summed E-state index contributed by atoms with van der Waals surface area (Å²) in [4.78, 5) is 3.28. The molecule has 1 heterocycles. The van der Waals surface area contributed by atoms with Gasteiger partial charge in [0.05, 0.1) is 11.6 Å². The first-order chi connectivity index (χ1) is 10.3. The number of para-hydroxylation sites is 1. The molecule has 0 amide bonds. The maximum Gasteiger partial charge on any atom is 0.138 e. The molecule has 21 heavy (non-hydrogen) atoms. The molecule has 3 aromatic rings. The van der Waals surface area contributed by atoms with Crippen LogP contribution in [0.3, 0.4) is 0 Å². The molecule has 3 rings (SSSR count). The summed E-state index contributed by atoms with van der Waals surface area (Å²) in [6.07, 6.45) is 2.04. The summed E-state index contributed by atoms with van der Waals surface area (Å²) in [7, 11) is 0. The van der Waals surface area contributed by atoms with Crippen LogP contribution in [0, 0.1) is 0 Å². The number of fused-ring (bicyclic) bond motifs is 1. The van der Waals surface area contributed by atoms with Gasteiger partial charge in [-0.05, 0) is 36.8 Å². The Morgan fingerprint density at radius 1 is 1.19 bits per heavy atom. The zero-order valence-electron chi connectivity index (χ0n) is 11.8. The van der Waals surface area contributed by atoms with Crippen molar-refractivity contribution in [3.63, 3.8) is 0 Å². The van der Waals surface area contributed by atoms with Crippen LogP contribution in [0.4, 0.5) is 5.69 Å². The number of hydrogen-bond acceptors (Lipinski definition) is 2. The van der Waals surface area contributed by atoms with Gasteiger partial charge in [-0.25, -0.2) is 0 Å². The van der Waals surface area contributed by atoms with Crippen LogP contribution in [-0.4, -0.2) is 11.6 Å². The number of H-pyrrole nitrogens is 1. The number of aromatic amines is 1. The third-order valence-corrected chi connectivity index (χ3v) is 3.68. The van der Waals surface area contributed by atoms with E-state index in [0.29, 0.717) is 11.6 Å². The molecule has 0 aliphatic rings. The van der Waals surface area contributed by atoms with Crippen molar-refractivity contribution in [1.82, 2.24) is 4.98 Å². The van der Waals surface area contributed by atoms with Gasteiger partial charge in [0, 0.05) is 29.3 Å². The van der Waals surface area contributed by atoms with Crippen LogP contribution in [0.5, 0.6) is 5.75 Å². The minimum absolute atomic E-state index is 0.613. The lowest BCUT2D eigenvalue weighted by atomic mass is 10.2. The first-order valence-electron chi connectivity index (χ1n) is 6.99. The normalized spacial score (nSPS) is 10.8. The summed E-state index contributed by atoms with van der Waals surface area (Å²) in [5.74, 6) is 0.719. The average molecular weight is 301 g/mol. The summed E-state index contributed by atoms with van der Waals surface area (Å²) in [6.45, 7) is 3.30. The van der Waals surface area contributed by atoms with Crippen LogP contribution in [0.25, 0.3) is 10.9 Å². The van der Waals surface area contributed by atoms with Crippen molar-refractivity contribution in [2.24, 2.45) is 0 Å². The molecular formula is C17H17ClN2O. The van der Waals surface area contributed by atoms with Crippen molar-refractivity contribution in [3.05, 3.63) is 59.2 Å². The van der Waals surface area contributed by atoms with Gasteiger partial charge in [0.15, 0.2) is 0 Å². The van der Waals surface area contributed by atoms with Crippen LogP contribution in [0.15, 0.2) is 48.7 Å². The predicted molar refractivity (Wildman–Crippen MR) is 88.2 cm³/mol. The van der Waals surface area contributed by atoms with E-state index in [-0.39, 0.29) is 0 Å². The van der Waals surface area contributed by atoms with Crippen molar-refractivity contribution in [1.29, 1.82) is 0 Å². The largest absolute Gasteiger partial charge is 0.492 e. The second kappa shape index (κ2) is 6.10. The van der Waals surface area contributed by atoms with Gasteiger partial charge in [-0.3, -0.25) is 0 Å². The average Bonchev–Trinajstić information content (AvgIpc) is 2.91. The summed E-state index contributed by atoms with van der Waals surface area (Å²) in [6, 6.07) is 14.0. The van der Waals surface area contributed by atoms with Crippen LogP contribution >= 0.6 is 11.6 Å². The number of hydrogen-bond donors (Lipinski definition) is 2. The van der Waals surface area contributed by atoms with Crippen molar-refractivity contribution >= 4 is 28.2 Å². The fourth-order valence-corrected chi connectivity index (χ4v) is 2.59. The number of ether oxygens (including phenoxy) is 1. The number of benzene rings is 2. The monoisotopic (exact) mass is 300 g/mol. The van der Waals surface area contributed by atoms with Gasteiger partial charge in [0.1, 0.15) is 5.75 Å². The Labute approximate surface area is 128 Å². The molecule has 0 saturated heterocycles. The van der Waals surface area contributed by atoms with Crippen LogP contribution in [-0.2, 0) is 6.54 Å². The molecule has 4 heteroatoms. The van der Waals surface area contributed by atoms with Gasteiger partial charge in [0.25, 0.3) is 0 Å². The lowest BCUT2D eigenvalue weighted by molar-refractivity contribution is 0.340. The van der Waals surface area contributed by atoms with Gasteiger partial charge < -0.3 is 15.0 Å². The Morgan fingerprint density at radius 2 is 2.05 bits per heavy atom. The van der Waals surface area contributed by atoms with E-state index in [9.17, 15) is 0 Å². The smallest absolute Gasteiger partial charge is 0.138 e. The van der Waals surface area contributed by atoms with Gasteiger partial charge in [-0.1, -0.05) is 29.8 Å². The Bertz CT molecular complexity index is 751. The minimum Gasteiger partial charge on any atom is -0.492 e. The molecule has 0 saturated carbocycles. The molecule has 0 spiro atoms. The molecule has 0 bridgehead atoms. The molecule has 0 radical (unpaired) electrons. The molecule has 1 aromatic heterocycles. The highest BCUT2D eigenvalue weighted by Crippen LogP contribution is 2.28. The molecule has 108 valence electrons. The van der Waals surface area contributed by atoms with Crippen LogP contribution in [0.2, 0.25) is 5.02 Å². The molecule has 0 unspecified atom stereocenters. The van der Waals surface area contributed by atoms with E-state index in [1.165, 1.54) is 10.9 Å². The molecule has 0 fully saturated rings. The van der Waals surface area contributed by atoms with E-state index >= 15 is 0 Å². The Kier molecular flexibility index (Phi) is 4.02. The van der Waals surface area contributed by atoms with Crippen LogP contribution in [0.1, 0.15) is 12.5 Å². The quantitative estimate of drug-likeness (QED) is 0.708.